The zero-order valence-corrected chi connectivity index (χ0v) is 11.3. The summed E-state index contributed by atoms with van der Waals surface area (Å²) in [6, 6.07) is 4.08. The Hall–Kier alpha value is -2.43. The Balaban J connectivity index is 2.94. The van der Waals surface area contributed by atoms with Gasteiger partial charge in [0.05, 0.1) is 13.1 Å². The van der Waals surface area contributed by atoms with Gasteiger partial charge in [-0.15, -0.1) is 0 Å². The minimum atomic E-state index is -0.618. The summed E-state index contributed by atoms with van der Waals surface area (Å²) in [4.78, 5) is 23.3. The molecule has 0 saturated carbocycles. The van der Waals surface area contributed by atoms with Gasteiger partial charge in [0.2, 0.25) is 11.8 Å². The first-order valence-corrected chi connectivity index (χ1v) is 6.09. The number of halogens is 1. The van der Waals surface area contributed by atoms with Gasteiger partial charge in [0.1, 0.15) is 12.4 Å². The van der Waals surface area contributed by atoms with Crippen LogP contribution in [0.2, 0.25) is 0 Å². The molecule has 0 radical (unpaired) electrons. The summed E-state index contributed by atoms with van der Waals surface area (Å²) in [5, 5.41) is 8.63. The van der Waals surface area contributed by atoms with Crippen molar-refractivity contribution in [1.82, 2.24) is 4.90 Å². The molecule has 0 aliphatic carbocycles. The normalized spacial score (nSPS) is 10.0. The highest BCUT2D eigenvalue weighted by Gasteiger charge is 2.12. The highest BCUT2D eigenvalue weighted by Crippen LogP contribution is 2.11. The summed E-state index contributed by atoms with van der Waals surface area (Å²) in [6.07, 6.45) is 0. The largest absolute Gasteiger partial charge is 0.384 e. The smallest absolute Gasteiger partial charge is 0.231 e. The average Bonchev–Trinajstić information content (AvgIpc) is 2.33. The number of benzene rings is 1. The summed E-state index contributed by atoms with van der Waals surface area (Å²) in [5.41, 5.74) is 11.1. The maximum absolute atomic E-state index is 13.5. The van der Waals surface area contributed by atoms with Crippen LogP contribution in [0.25, 0.3) is 0 Å². The van der Waals surface area contributed by atoms with Gasteiger partial charge in [-0.2, -0.15) is 0 Å². The molecule has 21 heavy (non-hydrogen) atoms. The number of aliphatic hydroxyl groups is 1. The first-order chi connectivity index (χ1) is 9.90. The van der Waals surface area contributed by atoms with Gasteiger partial charge < -0.3 is 16.6 Å². The maximum atomic E-state index is 13.5. The van der Waals surface area contributed by atoms with E-state index in [1.165, 1.54) is 17.0 Å². The summed E-state index contributed by atoms with van der Waals surface area (Å²) in [5.74, 6) is 3.26. The molecule has 1 aromatic rings. The Kier molecular flexibility index (Phi) is 6.33. The standard InChI is InChI=1S/C14H16FN3O3/c15-12-5-10(2-1-3-19)4-11(6-12)7-18(8-13(16)20)9-14(17)21/h4-6,19H,3,7-9H2,(H2,16,20)(H2,17,21). The molecular weight excluding hydrogens is 277 g/mol. The summed E-state index contributed by atoms with van der Waals surface area (Å²) < 4.78 is 13.5. The van der Waals surface area contributed by atoms with E-state index < -0.39 is 17.6 Å². The maximum Gasteiger partial charge on any atom is 0.231 e. The summed E-state index contributed by atoms with van der Waals surface area (Å²) in [6.45, 7) is -0.549. The third-order valence-electron chi connectivity index (χ3n) is 2.43. The fourth-order valence-electron chi connectivity index (χ4n) is 1.82. The second-order valence-electron chi connectivity index (χ2n) is 4.39. The number of aliphatic hydroxyl groups excluding tert-OH is 1. The van der Waals surface area contributed by atoms with Crippen molar-refractivity contribution in [1.29, 1.82) is 0 Å². The van der Waals surface area contributed by atoms with Crippen LogP contribution in [0.15, 0.2) is 18.2 Å². The third-order valence-corrected chi connectivity index (χ3v) is 2.43. The topological polar surface area (TPSA) is 110 Å². The number of nitrogens with zero attached hydrogens (tertiary/aromatic N) is 1. The van der Waals surface area contributed by atoms with Gasteiger partial charge in [0, 0.05) is 12.1 Å². The Labute approximate surface area is 121 Å². The van der Waals surface area contributed by atoms with Crippen LogP contribution in [0.3, 0.4) is 0 Å². The van der Waals surface area contributed by atoms with Crippen LogP contribution in [0.5, 0.6) is 0 Å². The number of hydrogen-bond acceptors (Lipinski definition) is 4. The first kappa shape index (κ1) is 16.6. The number of amides is 2. The number of nitrogens with two attached hydrogens (primary N) is 2. The predicted octanol–water partition coefficient (Wildman–Crippen LogP) is -1.06. The number of hydrogen-bond donors (Lipinski definition) is 3. The second kappa shape index (κ2) is 7.99. The molecule has 0 unspecified atom stereocenters. The lowest BCUT2D eigenvalue weighted by molar-refractivity contribution is -0.122. The Bertz CT molecular complexity index is 577. The van der Waals surface area contributed by atoms with E-state index in [0.717, 1.165) is 0 Å². The Morgan fingerprint density at radius 2 is 1.81 bits per heavy atom. The molecule has 0 aromatic heterocycles. The van der Waals surface area contributed by atoms with Gasteiger partial charge in [-0.1, -0.05) is 11.8 Å². The molecule has 0 bridgehead atoms. The Morgan fingerprint density at radius 3 is 2.33 bits per heavy atom. The lowest BCUT2D eigenvalue weighted by Gasteiger charge is -2.19. The molecule has 0 aliphatic heterocycles. The quantitative estimate of drug-likeness (QED) is 0.581. The molecule has 112 valence electrons. The molecule has 0 atom stereocenters. The van der Waals surface area contributed by atoms with Gasteiger partial charge in [-0.3, -0.25) is 14.5 Å². The summed E-state index contributed by atoms with van der Waals surface area (Å²) >= 11 is 0. The van der Waals surface area contributed by atoms with Crippen LogP contribution in [-0.4, -0.2) is 41.5 Å². The van der Waals surface area contributed by atoms with E-state index in [9.17, 15) is 14.0 Å². The fourth-order valence-corrected chi connectivity index (χ4v) is 1.82. The third kappa shape index (κ3) is 6.51. The van der Waals surface area contributed by atoms with Crippen molar-refractivity contribution < 1.29 is 19.1 Å². The molecule has 1 aromatic carbocycles. The lowest BCUT2D eigenvalue weighted by atomic mass is 10.1. The first-order valence-electron chi connectivity index (χ1n) is 6.09. The number of primary amides is 2. The minimum Gasteiger partial charge on any atom is -0.384 e. The molecule has 1 rings (SSSR count). The van der Waals surface area contributed by atoms with Crippen LogP contribution in [0.4, 0.5) is 4.39 Å². The Morgan fingerprint density at radius 1 is 1.19 bits per heavy atom. The van der Waals surface area contributed by atoms with E-state index in [2.05, 4.69) is 11.8 Å². The molecule has 0 aliphatic rings. The zero-order chi connectivity index (χ0) is 15.8. The fraction of sp³-hybridized carbons (Fsp3) is 0.286. The predicted molar refractivity (Wildman–Crippen MR) is 74.0 cm³/mol. The van der Waals surface area contributed by atoms with Crippen LogP contribution in [-0.2, 0) is 16.1 Å². The van der Waals surface area contributed by atoms with Crippen LogP contribution >= 0.6 is 0 Å². The molecule has 6 nitrogen and oxygen atoms in total. The van der Waals surface area contributed by atoms with Gasteiger partial charge in [0.15, 0.2) is 0 Å². The lowest BCUT2D eigenvalue weighted by Crippen LogP contribution is -2.39. The van der Waals surface area contributed by atoms with Gasteiger partial charge in [-0.05, 0) is 23.8 Å². The highest BCUT2D eigenvalue weighted by molar-refractivity contribution is 5.79. The summed E-state index contributed by atoms with van der Waals surface area (Å²) in [7, 11) is 0. The van der Waals surface area contributed by atoms with Crippen molar-refractivity contribution in [3.63, 3.8) is 0 Å². The number of carbonyl (C=O) groups is 2. The molecule has 5 N–H and O–H groups in total. The van der Waals surface area contributed by atoms with Crippen LogP contribution in [0.1, 0.15) is 11.1 Å². The SMILES string of the molecule is NC(=O)CN(CC(N)=O)Cc1cc(F)cc(C#CCO)c1. The van der Waals surface area contributed by atoms with Gasteiger partial charge >= 0.3 is 0 Å². The van der Waals surface area contributed by atoms with Crippen molar-refractivity contribution >= 4 is 11.8 Å². The van der Waals surface area contributed by atoms with E-state index in [0.29, 0.717) is 11.1 Å². The average molecular weight is 293 g/mol. The number of rotatable bonds is 6. The van der Waals surface area contributed by atoms with E-state index >= 15 is 0 Å². The molecule has 2 amide bonds. The van der Waals surface area contributed by atoms with Crippen molar-refractivity contribution in [2.24, 2.45) is 11.5 Å². The molecule has 0 saturated heterocycles. The van der Waals surface area contributed by atoms with Crippen LogP contribution in [0, 0.1) is 17.7 Å². The number of carbonyl (C=O) groups excluding carboxylic acids is 2. The molecule has 0 spiro atoms. The van der Waals surface area contributed by atoms with Crippen molar-refractivity contribution in [3.05, 3.63) is 35.1 Å². The molecule has 0 heterocycles. The van der Waals surface area contributed by atoms with Crippen molar-refractivity contribution in [2.45, 2.75) is 6.54 Å². The van der Waals surface area contributed by atoms with Crippen LogP contribution < -0.4 is 11.5 Å². The van der Waals surface area contributed by atoms with Gasteiger partial charge in [0.25, 0.3) is 0 Å². The van der Waals surface area contributed by atoms with E-state index in [1.54, 1.807) is 6.07 Å². The van der Waals surface area contributed by atoms with E-state index in [4.69, 9.17) is 16.6 Å². The molecule has 7 heteroatoms. The minimum absolute atomic E-state index is 0.122. The monoisotopic (exact) mass is 293 g/mol. The van der Waals surface area contributed by atoms with Crippen molar-refractivity contribution in [3.8, 4) is 11.8 Å². The van der Waals surface area contributed by atoms with E-state index in [-0.39, 0.29) is 26.2 Å². The molecule has 0 fully saturated rings. The highest BCUT2D eigenvalue weighted by atomic mass is 19.1. The second-order valence-corrected chi connectivity index (χ2v) is 4.39. The zero-order valence-electron chi connectivity index (χ0n) is 11.3. The van der Waals surface area contributed by atoms with E-state index in [1.807, 2.05) is 0 Å². The van der Waals surface area contributed by atoms with Gasteiger partial charge in [-0.25, -0.2) is 4.39 Å². The molecular formula is C14H16FN3O3. The van der Waals surface area contributed by atoms with Crippen molar-refractivity contribution in [2.75, 3.05) is 19.7 Å².